The normalized spacial score (nSPS) is 11.1. The number of hydrogen-bond acceptors (Lipinski definition) is 1. The number of rotatable bonds is 2. The van der Waals surface area contributed by atoms with E-state index in [9.17, 15) is 0 Å². The van der Waals surface area contributed by atoms with Crippen LogP contribution in [0.15, 0.2) is 60.8 Å². The molecule has 3 heterocycles. The van der Waals surface area contributed by atoms with Crippen molar-refractivity contribution < 1.29 is 37.3 Å². The number of fused-ring (bicyclic) bond motifs is 3. The van der Waals surface area contributed by atoms with Crippen molar-refractivity contribution in [1.82, 2.24) is 14.0 Å². The van der Waals surface area contributed by atoms with Crippen molar-refractivity contribution in [1.29, 1.82) is 0 Å². The van der Waals surface area contributed by atoms with Crippen LogP contribution in [0.25, 0.3) is 33.8 Å². The summed E-state index contributed by atoms with van der Waals surface area (Å²) in [5, 5.41) is 0. The number of pyridine rings is 1. The molecule has 0 unspecified atom stereocenters. The van der Waals surface area contributed by atoms with Gasteiger partial charge in [0.2, 0.25) is 0 Å². The van der Waals surface area contributed by atoms with Crippen molar-refractivity contribution in [3.8, 4) is 16.9 Å². The van der Waals surface area contributed by atoms with E-state index >= 15 is 0 Å². The fraction of sp³-hybridized carbons (Fsp3) is 0.130. The standard InChI is InChI=1S/C23H19N4.Y/c1-16-17(2)27(23-24-20-13-7-8-14-21(20)26(16)23)22-19(12-9-15-25(22)3)18-10-5-4-6-11-18;/h4-10,13-15H,1-3H3;/q-1;. The van der Waals surface area contributed by atoms with Gasteiger partial charge in [-0.2, -0.15) is 35.3 Å². The number of imidazole rings is 2. The number of nitrogens with zero attached hydrogens (tertiary/aromatic N) is 4. The average Bonchev–Trinajstić information content (AvgIpc) is 3.18. The van der Waals surface area contributed by atoms with Gasteiger partial charge in [0.25, 0.3) is 0 Å². The van der Waals surface area contributed by atoms with Crippen LogP contribution < -0.4 is 4.57 Å². The van der Waals surface area contributed by atoms with Crippen LogP contribution in [0, 0.1) is 26.0 Å². The minimum absolute atomic E-state index is 0. The van der Waals surface area contributed by atoms with Crippen LogP contribution >= 0.6 is 0 Å². The van der Waals surface area contributed by atoms with Crippen LogP contribution in [0.2, 0.25) is 0 Å². The van der Waals surface area contributed by atoms with Crippen LogP contribution in [-0.2, 0) is 39.8 Å². The maximum Gasteiger partial charge on any atom is 0.302 e. The van der Waals surface area contributed by atoms with Crippen molar-refractivity contribution in [2.24, 2.45) is 7.05 Å². The summed E-state index contributed by atoms with van der Waals surface area (Å²) >= 11 is 0. The summed E-state index contributed by atoms with van der Waals surface area (Å²) in [5.41, 5.74) is 6.50. The Hall–Kier alpha value is -2.30. The molecule has 5 rings (SSSR count). The molecule has 5 aromatic rings. The summed E-state index contributed by atoms with van der Waals surface area (Å²) in [6.45, 7) is 4.29. The molecule has 0 saturated heterocycles. The van der Waals surface area contributed by atoms with Gasteiger partial charge >= 0.3 is 5.78 Å². The van der Waals surface area contributed by atoms with Gasteiger partial charge in [-0.3, -0.25) is 4.40 Å². The van der Waals surface area contributed by atoms with Crippen LogP contribution in [0.4, 0.5) is 0 Å². The molecular formula is C23H19N4Y-. The zero-order chi connectivity index (χ0) is 18.5. The second-order valence-electron chi connectivity index (χ2n) is 6.79. The molecule has 4 nitrogen and oxygen atoms in total. The van der Waals surface area contributed by atoms with Crippen molar-refractivity contribution in [2.45, 2.75) is 13.8 Å². The van der Waals surface area contributed by atoms with Crippen molar-refractivity contribution >= 4 is 16.8 Å². The van der Waals surface area contributed by atoms with Crippen molar-refractivity contribution in [2.75, 3.05) is 0 Å². The summed E-state index contributed by atoms with van der Waals surface area (Å²) in [6, 6.07) is 25.0. The van der Waals surface area contributed by atoms with Crippen LogP contribution in [0.3, 0.4) is 0 Å². The van der Waals surface area contributed by atoms with Crippen molar-refractivity contribution in [3.05, 3.63) is 84.3 Å². The van der Waals surface area contributed by atoms with Gasteiger partial charge in [-0.25, -0.2) is 10.1 Å². The van der Waals surface area contributed by atoms with Gasteiger partial charge in [0.1, 0.15) is 5.69 Å². The molecule has 3 aromatic heterocycles. The number of hydrogen-bond donors (Lipinski definition) is 0. The van der Waals surface area contributed by atoms with E-state index in [1.165, 1.54) is 5.69 Å². The quantitative estimate of drug-likeness (QED) is 0.301. The summed E-state index contributed by atoms with van der Waals surface area (Å²) in [4.78, 5) is 4.94. The van der Waals surface area contributed by atoms with Gasteiger partial charge < -0.3 is 4.57 Å². The monoisotopic (exact) mass is 440 g/mol. The van der Waals surface area contributed by atoms with Gasteiger partial charge in [0, 0.05) is 38.9 Å². The third-order valence-corrected chi connectivity index (χ3v) is 5.21. The SMILES string of the molecule is Cc1c(C)n2c3ccccc3nc2n1-c1c(-c2[c-]cccc2)[c-]cc[n+]1C.[Y]. The molecule has 2 aromatic carbocycles. The molecule has 0 saturated carbocycles. The van der Waals surface area contributed by atoms with Gasteiger partial charge in [0.15, 0.2) is 5.82 Å². The second kappa shape index (κ2) is 7.27. The van der Waals surface area contributed by atoms with E-state index in [2.05, 4.69) is 70.8 Å². The zero-order valence-corrected chi connectivity index (χ0v) is 19.0. The number of para-hydroxylation sites is 2. The molecule has 0 N–H and O–H groups in total. The first-order valence-corrected chi connectivity index (χ1v) is 8.99. The number of aryl methyl sites for hydroxylation is 2. The van der Waals surface area contributed by atoms with Crippen LogP contribution in [0.5, 0.6) is 0 Å². The predicted molar refractivity (Wildman–Crippen MR) is 106 cm³/mol. The molecule has 0 bridgehead atoms. The van der Waals surface area contributed by atoms with Gasteiger partial charge in [0.05, 0.1) is 23.8 Å². The molecule has 0 aliphatic rings. The number of aromatic nitrogens is 4. The molecule has 0 atom stereocenters. The minimum atomic E-state index is 0. The topological polar surface area (TPSA) is 26.1 Å². The Labute approximate surface area is 189 Å². The Morgan fingerprint density at radius 3 is 2.50 bits per heavy atom. The maximum absolute atomic E-state index is 4.94. The Morgan fingerprint density at radius 1 is 0.929 bits per heavy atom. The smallest absolute Gasteiger partial charge is 0.302 e. The van der Waals surface area contributed by atoms with Crippen molar-refractivity contribution in [3.63, 3.8) is 0 Å². The first-order valence-electron chi connectivity index (χ1n) is 8.99. The molecule has 1 radical (unpaired) electrons. The van der Waals surface area contributed by atoms with E-state index in [0.717, 1.165) is 39.4 Å². The zero-order valence-electron chi connectivity index (χ0n) is 16.1. The first kappa shape index (κ1) is 19.0. The summed E-state index contributed by atoms with van der Waals surface area (Å²) in [6.07, 6.45) is 2.02. The predicted octanol–water partition coefficient (Wildman–Crippen LogP) is 3.98. The Morgan fingerprint density at radius 2 is 1.71 bits per heavy atom. The van der Waals surface area contributed by atoms with Crippen LogP contribution in [0.1, 0.15) is 11.4 Å². The largest absolute Gasteiger partial charge is 0.325 e. The first-order chi connectivity index (χ1) is 13.2. The van der Waals surface area contributed by atoms with E-state index in [4.69, 9.17) is 4.98 Å². The third-order valence-electron chi connectivity index (χ3n) is 5.21. The molecule has 5 heteroatoms. The Bertz CT molecular complexity index is 1300. The minimum Gasteiger partial charge on any atom is -0.325 e. The molecule has 0 fully saturated rings. The van der Waals surface area contributed by atoms with Crippen LogP contribution in [-0.4, -0.2) is 14.0 Å². The van der Waals surface area contributed by atoms with Gasteiger partial charge in [-0.1, -0.05) is 12.1 Å². The molecule has 0 amide bonds. The van der Waals surface area contributed by atoms with E-state index in [-0.39, 0.29) is 32.7 Å². The van der Waals surface area contributed by atoms with Gasteiger partial charge in [-0.05, 0) is 26.0 Å². The Kier molecular flexibility index (Phi) is 4.94. The van der Waals surface area contributed by atoms with E-state index in [1.54, 1.807) is 0 Å². The average molecular weight is 440 g/mol. The Balaban J connectivity index is 0.00000192. The fourth-order valence-electron chi connectivity index (χ4n) is 3.78. The molecule has 0 spiro atoms. The fourth-order valence-corrected chi connectivity index (χ4v) is 3.78. The third kappa shape index (κ3) is 2.75. The van der Waals surface area contributed by atoms with E-state index in [0.29, 0.717) is 0 Å². The number of benzene rings is 2. The molecule has 0 aliphatic carbocycles. The molecule has 0 aliphatic heterocycles. The van der Waals surface area contributed by atoms with E-state index < -0.39 is 0 Å². The maximum atomic E-state index is 4.94. The summed E-state index contributed by atoms with van der Waals surface area (Å²) in [5.74, 6) is 1.95. The van der Waals surface area contributed by atoms with Gasteiger partial charge in [-0.15, -0.1) is 17.7 Å². The van der Waals surface area contributed by atoms with E-state index in [1.807, 2.05) is 36.5 Å². The summed E-state index contributed by atoms with van der Waals surface area (Å²) in [7, 11) is 2.06. The molecule has 135 valence electrons. The second-order valence-corrected chi connectivity index (χ2v) is 6.79. The molecule has 28 heavy (non-hydrogen) atoms. The summed E-state index contributed by atoms with van der Waals surface area (Å²) < 4.78 is 6.58. The molecular weight excluding hydrogens is 421 g/mol.